The maximum atomic E-state index is 13.7. The van der Waals surface area contributed by atoms with Gasteiger partial charge in [0, 0.05) is 41.4 Å². The number of halogens is 2. The van der Waals surface area contributed by atoms with Crippen molar-refractivity contribution in [1.29, 1.82) is 0 Å². The van der Waals surface area contributed by atoms with Crippen molar-refractivity contribution in [1.82, 2.24) is 10.2 Å². The number of hydrogen-bond donors (Lipinski definition) is 2. The number of nitrogens with one attached hydrogen (secondary N) is 1. The van der Waals surface area contributed by atoms with Gasteiger partial charge in [-0.1, -0.05) is 49.2 Å². The largest absolute Gasteiger partial charge is 0.481 e. The molecule has 2 aromatic carbocycles. The highest BCUT2D eigenvalue weighted by molar-refractivity contribution is 6.47. The maximum absolute atomic E-state index is 13.7. The Labute approximate surface area is 233 Å². The lowest BCUT2D eigenvalue weighted by molar-refractivity contribution is -0.137. The van der Waals surface area contributed by atoms with Gasteiger partial charge in [-0.05, 0) is 61.6 Å². The Morgan fingerprint density at radius 1 is 1.16 bits per heavy atom. The second-order valence-electron chi connectivity index (χ2n) is 9.27. The summed E-state index contributed by atoms with van der Waals surface area (Å²) in [6.45, 7) is 0.486. The molecule has 2 amide bonds. The molecule has 2 N–H and O–H groups in total. The number of carbonyl (C=O) groups excluding carboxylic acids is 2. The molecule has 0 saturated heterocycles. The summed E-state index contributed by atoms with van der Waals surface area (Å²) in [4.78, 5) is 43.4. The Kier molecular flexibility index (Phi) is 9.93. The van der Waals surface area contributed by atoms with Gasteiger partial charge in [-0.2, -0.15) is 0 Å². The van der Waals surface area contributed by atoms with Crippen LogP contribution < -0.4 is 5.32 Å². The maximum Gasteiger partial charge on any atom is 0.305 e. The summed E-state index contributed by atoms with van der Waals surface area (Å²) in [6, 6.07) is 12.1. The topological polar surface area (TPSA) is 108 Å². The zero-order valence-corrected chi connectivity index (χ0v) is 22.0. The molecule has 0 bridgehead atoms. The van der Waals surface area contributed by atoms with Gasteiger partial charge < -0.3 is 20.1 Å². The lowest BCUT2D eigenvalue weighted by Crippen LogP contribution is -2.57. The molecule has 1 aliphatic heterocycles. The highest BCUT2D eigenvalue weighted by Crippen LogP contribution is 2.41. The molecule has 1 heterocycles. The molecular weight excluding hydrogens is 529 g/mol. The van der Waals surface area contributed by atoms with Crippen LogP contribution in [-0.2, 0) is 20.7 Å². The van der Waals surface area contributed by atoms with Crippen LogP contribution in [-0.4, -0.2) is 65.5 Å². The Morgan fingerprint density at radius 3 is 2.47 bits per heavy atom. The number of methoxy groups -OCH3 is 1. The Morgan fingerprint density at radius 2 is 1.84 bits per heavy atom. The van der Waals surface area contributed by atoms with E-state index in [2.05, 4.69) is 5.32 Å². The van der Waals surface area contributed by atoms with E-state index in [1.807, 2.05) is 17.0 Å². The first-order chi connectivity index (χ1) is 17.7. The van der Waals surface area contributed by atoms with Gasteiger partial charge in [-0.25, -0.2) is 4.99 Å². The van der Waals surface area contributed by atoms with Crippen LogP contribution in [0.5, 0.6) is 0 Å². The van der Waals surface area contributed by atoms with Crippen molar-refractivity contribution in [3.8, 4) is 0 Å². The van der Waals surface area contributed by atoms with Crippen molar-refractivity contribution in [2.24, 2.45) is 4.99 Å². The Bertz CT molecular complexity index is 1200. The first-order valence-electron chi connectivity index (χ1n) is 12.2. The van der Waals surface area contributed by atoms with E-state index in [-0.39, 0.29) is 38.3 Å². The van der Waals surface area contributed by atoms with Gasteiger partial charge in [0.1, 0.15) is 11.8 Å². The van der Waals surface area contributed by atoms with Crippen LogP contribution in [0.25, 0.3) is 0 Å². The van der Waals surface area contributed by atoms with E-state index in [4.69, 9.17) is 38.0 Å². The van der Waals surface area contributed by atoms with Crippen LogP contribution in [0.3, 0.4) is 0 Å². The number of benzene rings is 2. The molecule has 2 atom stereocenters. The van der Waals surface area contributed by atoms with E-state index in [9.17, 15) is 14.4 Å². The number of rotatable bonds is 9. The number of carboxylic acid groups (broad SMARTS) is 1. The van der Waals surface area contributed by atoms with Gasteiger partial charge in [0.05, 0.1) is 6.42 Å². The normalized spacial score (nSPS) is 20.7. The summed E-state index contributed by atoms with van der Waals surface area (Å²) in [7, 11) is 1.66. The van der Waals surface area contributed by atoms with E-state index in [0.717, 1.165) is 24.8 Å². The van der Waals surface area contributed by atoms with E-state index in [1.165, 1.54) is 0 Å². The smallest absolute Gasteiger partial charge is 0.305 e. The van der Waals surface area contributed by atoms with Gasteiger partial charge in [0.2, 0.25) is 0 Å². The molecule has 1 saturated carbocycles. The van der Waals surface area contributed by atoms with E-state index >= 15 is 0 Å². The SMILES string of the molecule is C.COC1CCCCC12N=C(c1cc(Cl)cc(Cl)c1)C(=O)N2CCc1ccc(C(=O)NCCC(=O)O)cc1. The van der Waals surface area contributed by atoms with E-state index in [0.29, 0.717) is 46.3 Å². The summed E-state index contributed by atoms with van der Waals surface area (Å²) in [5.74, 6) is -1.48. The molecule has 0 aromatic heterocycles. The monoisotopic (exact) mass is 561 g/mol. The molecule has 2 aliphatic rings. The summed E-state index contributed by atoms with van der Waals surface area (Å²) in [5.41, 5.74) is 1.52. The minimum Gasteiger partial charge on any atom is -0.481 e. The number of carboxylic acids is 1. The van der Waals surface area contributed by atoms with Crippen molar-refractivity contribution < 1.29 is 24.2 Å². The average Bonchev–Trinajstić information content (AvgIpc) is 3.13. The van der Waals surface area contributed by atoms with Gasteiger partial charge in [-0.3, -0.25) is 14.4 Å². The van der Waals surface area contributed by atoms with Crippen LogP contribution in [0.15, 0.2) is 47.5 Å². The number of carbonyl (C=O) groups is 3. The quantitative estimate of drug-likeness (QED) is 0.448. The molecule has 1 spiro atoms. The third-order valence-electron chi connectivity index (χ3n) is 6.88. The van der Waals surface area contributed by atoms with Gasteiger partial charge in [0.25, 0.3) is 11.8 Å². The summed E-state index contributed by atoms with van der Waals surface area (Å²) < 4.78 is 5.85. The molecule has 2 unspecified atom stereocenters. The zero-order valence-electron chi connectivity index (χ0n) is 20.5. The van der Waals surface area contributed by atoms with E-state index in [1.54, 1.807) is 37.4 Å². The second kappa shape index (κ2) is 12.7. The van der Waals surface area contributed by atoms with Crippen molar-refractivity contribution in [3.63, 3.8) is 0 Å². The van der Waals surface area contributed by atoms with Crippen molar-refractivity contribution in [2.45, 2.75) is 57.7 Å². The fourth-order valence-corrected chi connectivity index (χ4v) is 5.60. The average molecular weight is 562 g/mol. The number of aliphatic imine (C=N–C) groups is 1. The van der Waals surface area contributed by atoms with Crippen LogP contribution in [0.4, 0.5) is 0 Å². The minimum atomic E-state index is -0.968. The van der Waals surface area contributed by atoms with Crippen LogP contribution in [0, 0.1) is 0 Å². The minimum absolute atomic E-state index is 0. The molecular formula is C28H33Cl2N3O5. The Hall–Kier alpha value is -2.94. The molecule has 1 aliphatic carbocycles. The fourth-order valence-electron chi connectivity index (χ4n) is 5.08. The van der Waals surface area contributed by atoms with Crippen LogP contribution >= 0.6 is 23.2 Å². The zero-order chi connectivity index (χ0) is 26.6. The van der Waals surface area contributed by atoms with Crippen LogP contribution in [0.1, 0.15) is 61.0 Å². The second-order valence-corrected chi connectivity index (χ2v) is 10.1. The molecule has 0 radical (unpaired) electrons. The lowest BCUT2D eigenvalue weighted by Gasteiger charge is -2.44. The molecule has 204 valence electrons. The third kappa shape index (κ3) is 6.37. The number of ether oxygens (including phenoxy) is 1. The Balaban J connectivity index is 0.00000400. The predicted octanol–water partition coefficient (Wildman–Crippen LogP) is 4.99. The summed E-state index contributed by atoms with van der Waals surface area (Å²) in [5, 5.41) is 12.2. The number of hydrogen-bond acceptors (Lipinski definition) is 5. The molecule has 8 nitrogen and oxygen atoms in total. The van der Waals surface area contributed by atoms with Crippen molar-refractivity contribution in [3.05, 3.63) is 69.2 Å². The highest BCUT2D eigenvalue weighted by Gasteiger charge is 2.53. The predicted molar refractivity (Wildman–Crippen MR) is 148 cm³/mol. The van der Waals surface area contributed by atoms with Gasteiger partial charge >= 0.3 is 5.97 Å². The standard InChI is InChI=1S/C27H29Cl2N3O5.CH4/c1-37-22-4-2-3-11-27(22)31-24(19-14-20(28)16-21(29)15-19)26(36)32(27)13-10-17-5-7-18(8-6-17)25(35)30-12-9-23(33)34;/h5-8,14-16,22H,2-4,9-13H2,1H3,(H,30,35)(H,33,34);1H4. The molecule has 1 fully saturated rings. The number of nitrogens with zero attached hydrogens (tertiary/aromatic N) is 2. The third-order valence-corrected chi connectivity index (χ3v) is 7.32. The molecule has 2 aromatic rings. The van der Waals surface area contributed by atoms with Crippen molar-refractivity contribution in [2.75, 3.05) is 20.2 Å². The number of amides is 2. The summed E-state index contributed by atoms with van der Waals surface area (Å²) in [6.07, 6.45) is 3.64. The fraction of sp³-hybridized carbons (Fsp3) is 0.429. The van der Waals surface area contributed by atoms with Gasteiger partial charge in [-0.15, -0.1) is 0 Å². The highest BCUT2D eigenvalue weighted by atomic mass is 35.5. The molecule has 38 heavy (non-hydrogen) atoms. The number of aliphatic carboxylic acids is 1. The first-order valence-corrected chi connectivity index (χ1v) is 13.0. The molecule has 10 heteroatoms. The first kappa shape index (κ1) is 29.6. The van der Waals surface area contributed by atoms with Gasteiger partial charge in [0.15, 0.2) is 5.66 Å². The van der Waals surface area contributed by atoms with Crippen LogP contribution in [0.2, 0.25) is 10.0 Å². The summed E-state index contributed by atoms with van der Waals surface area (Å²) >= 11 is 12.4. The molecule has 4 rings (SSSR count). The van der Waals surface area contributed by atoms with Crippen molar-refractivity contribution >= 4 is 46.7 Å². The van der Waals surface area contributed by atoms with E-state index < -0.39 is 11.6 Å². The lowest BCUT2D eigenvalue weighted by atomic mass is 9.85.